The second kappa shape index (κ2) is 9.96. The summed E-state index contributed by atoms with van der Waals surface area (Å²) in [5, 5.41) is 7.89. The topological polar surface area (TPSA) is 52.1 Å². The lowest BCUT2D eigenvalue weighted by atomic mass is 10.1. The van der Waals surface area contributed by atoms with Crippen LogP contribution < -0.4 is 15.6 Å². The Morgan fingerprint density at radius 2 is 1.96 bits per heavy atom. The molecule has 2 aliphatic heterocycles. The minimum Gasteiger partial charge on any atom is -0.379 e. The largest absolute Gasteiger partial charge is 0.379 e. The van der Waals surface area contributed by atoms with Crippen molar-refractivity contribution in [3.8, 4) is 0 Å². The fourth-order valence-electron chi connectivity index (χ4n) is 3.34. The molecule has 0 spiro atoms. The van der Waals surface area contributed by atoms with E-state index in [9.17, 15) is 4.39 Å². The third kappa shape index (κ3) is 5.85. The Balaban J connectivity index is 1.46. The smallest absolute Gasteiger partial charge is 0.187 e. The molecule has 0 atom stereocenters. The third-order valence-electron chi connectivity index (χ3n) is 4.95. The fraction of sp³-hybridized carbons (Fsp3) is 0.579. The van der Waals surface area contributed by atoms with Crippen molar-refractivity contribution in [3.63, 3.8) is 0 Å². The third-order valence-corrected chi connectivity index (χ3v) is 5.19. The van der Waals surface area contributed by atoms with Gasteiger partial charge in [0.15, 0.2) is 5.11 Å². The van der Waals surface area contributed by atoms with Crippen molar-refractivity contribution in [3.05, 3.63) is 29.6 Å². The highest BCUT2D eigenvalue weighted by Crippen LogP contribution is 2.24. The van der Waals surface area contributed by atoms with Crippen molar-refractivity contribution in [1.29, 1.82) is 0 Å². The number of halogens is 1. The minimum atomic E-state index is -0.199. The lowest BCUT2D eigenvalue weighted by Crippen LogP contribution is -2.42. The van der Waals surface area contributed by atoms with E-state index in [0.717, 1.165) is 70.9 Å². The van der Waals surface area contributed by atoms with E-state index in [4.69, 9.17) is 17.0 Å². The summed E-state index contributed by atoms with van der Waals surface area (Å²) in [5.41, 5.74) is 4.96. The first kappa shape index (κ1) is 20.0. The standard InChI is InChI=1S/C19H28FN5OS/c1-15(16-4-5-18(17(20)14-16)25-7-2-3-8-25)22-23-19(27)21-6-9-24-10-12-26-13-11-24/h4-5,14H,2-3,6-13H2,1H3,(H2,21,23,27)/b22-15-. The highest BCUT2D eigenvalue weighted by Gasteiger charge is 2.16. The highest BCUT2D eigenvalue weighted by molar-refractivity contribution is 7.80. The second-order valence-electron chi connectivity index (χ2n) is 6.88. The van der Waals surface area contributed by atoms with Gasteiger partial charge in [0.25, 0.3) is 0 Å². The molecule has 0 saturated carbocycles. The molecule has 6 nitrogen and oxygen atoms in total. The molecule has 0 bridgehead atoms. The Kier molecular flexibility index (Phi) is 7.37. The Morgan fingerprint density at radius 3 is 2.67 bits per heavy atom. The van der Waals surface area contributed by atoms with E-state index in [1.807, 2.05) is 19.1 Å². The number of hydrazone groups is 1. The maximum Gasteiger partial charge on any atom is 0.187 e. The Morgan fingerprint density at radius 1 is 1.22 bits per heavy atom. The average Bonchev–Trinajstić information content (AvgIpc) is 3.21. The van der Waals surface area contributed by atoms with Gasteiger partial charge < -0.3 is 15.0 Å². The van der Waals surface area contributed by atoms with E-state index in [2.05, 4.69) is 25.6 Å². The predicted molar refractivity (Wildman–Crippen MR) is 111 cm³/mol. The van der Waals surface area contributed by atoms with Crippen LogP contribution in [0, 0.1) is 5.82 Å². The van der Waals surface area contributed by atoms with Crippen LogP contribution >= 0.6 is 12.2 Å². The highest BCUT2D eigenvalue weighted by atomic mass is 32.1. The zero-order valence-electron chi connectivity index (χ0n) is 15.8. The molecule has 1 aromatic rings. The Bertz CT molecular complexity index is 672. The van der Waals surface area contributed by atoms with Gasteiger partial charge in [-0.2, -0.15) is 5.10 Å². The molecule has 2 N–H and O–H groups in total. The van der Waals surface area contributed by atoms with Crippen LogP contribution in [0.4, 0.5) is 10.1 Å². The number of benzene rings is 1. The van der Waals surface area contributed by atoms with Crippen molar-refractivity contribution in [2.45, 2.75) is 19.8 Å². The number of hydrogen-bond acceptors (Lipinski definition) is 5. The summed E-state index contributed by atoms with van der Waals surface area (Å²) in [6.45, 7) is 8.85. The zero-order valence-corrected chi connectivity index (χ0v) is 16.7. The van der Waals surface area contributed by atoms with Crippen LogP contribution in [0.15, 0.2) is 23.3 Å². The van der Waals surface area contributed by atoms with Gasteiger partial charge in [0.1, 0.15) is 5.82 Å². The van der Waals surface area contributed by atoms with Crippen LogP contribution in [-0.2, 0) is 4.74 Å². The molecule has 0 aliphatic carbocycles. The molecule has 0 amide bonds. The van der Waals surface area contributed by atoms with Crippen molar-refractivity contribution in [2.75, 3.05) is 57.4 Å². The van der Waals surface area contributed by atoms with E-state index in [1.165, 1.54) is 0 Å². The summed E-state index contributed by atoms with van der Waals surface area (Å²) in [4.78, 5) is 4.43. The van der Waals surface area contributed by atoms with Crippen LogP contribution in [0.2, 0.25) is 0 Å². The first-order valence-electron chi connectivity index (χ1n) is 9.56. The number of nitrogens with one attached hydrogen (secondary N) is 2. The Hall–Kier alpha value is -1.77. The fourth-order valence-corrected chi connectivity index (χ4v) is 3.49. The van der Waals surface area contributed by atoms with E-state index in [-0.39, 0.29) is 5.82 Å². The first-order chi connectivity index (χ1) is 13.1. The SMILES string of the molecule is C/C(=N/NC(=S)NCCN1CCOCC1)c1ccc(N2CCCC2)c(F)c1. The van der Waals surface area contributed by atoms with E-state index in [0.29, 0.717) is 16.5 Å². The van der Waals surface area contributed by atoms with Crippen molar-refractivity contribution in [2.24, 2.45) is 5.10 Å². The normalized spacial score (nSPS) is 18.6. The molecule has 148 valence electrons. The molecule has 27 heavy (non-hydrogen) atoms. The van der Waals surface area contributed by atoms with E-state index >= 15 is 0 Å². The average molecular weight is 394 g/mol. The van der Waals surface area contributed by atoms with Crippen LogP contribution in [0.5, 0.6) is 0 Å². The molecule has 2 saturated heterocycles. The van der Waals surface area contributed by atoms with Gasteiger partial charge in [0, 0.05) is 44.8 Å². The number of anilines is 1. The Labute approximate surface area is 165 Å². The summed E-state index contributed by atoms with van der Waals surface area (Å²) < 4.78 is 19.8. The van der Waals surface area contributed by atoms with E-state index in [1.54, 1.807) is 6.07 Å². The van der Waals surface area contributed by atoms with Gasteiger partial charge in [0.05, 0.1) is 24.6 Å². The molecule has 2 fully saturated rings. The molecule has 2 aliphatic rings. The number of hydrogen-bond donors (Lipinski definition) is 2. The van der Waals surface area contributed by atoms with Gasteiger partial charge in [-0.1, -0.05) is 6.07 Å². The van der Waals surface area contributed by atoms with Crippen molar-refractivity contribution in [1.82, 2.24) is 15.6 Å². The van der Waals surface area contributed by atoms with Gasteiger partial charge in [-0.25, -0.2) is 4.39 Å². The molecule has 0 aromatic heterocycles. The molecule has 8 heteroatoms. The van der Waals surface area contributed by atoms with Crippen molar-refractivity contribution >= 4 is 28.7 Å². The van der Waals surface area contributed by atoms with Crippen LogP contribution in [0.25, 0.3) is 0 Å². The van der Waals surface area contributed by atoms with Crippen molar-refractivity contribution < 1.29 is 9.13 Å². The molecule has 3 rings (SSSR count). The van der Waals surface area contributed by atoms with E-state index < -0.39 is 0 Å². The summed E-state index contributed by atoms with van der Waals surface area (Å²) in [5.74, 6) is -0.199. The lowest BCUT2D eigenvalue weighted by molar-refractivity contribution is 0.0389. The quantitative estimate of drug-likeness (QED) is 0.438. The van der Waals surface area contributed by atoms with Gasteiger partial charge in [-0.15, -0.1) is 0 Å². The number of rotatable bonds is 6. The van der Waals surface area contributed by atoms with Gasteiger partial charge in [-0.05, 0) is 44.1 Å². The maximum absolute atomic E-state index is 14.4. The summed E-state index contributed by atoms with van der Waals surface area (Å²) >= 11 is 5.26. The lowest BCUT2D eigenvalue weighted by Gasteiger charge is -2.26. The van der Waals surface area contributed by atoms with Gasteiger partial charge in [0.2, 0.25) is 0 Å². The van der Waals surface area contributed by atoms with Crippen LogP contribution in [-0.4, -0.2) is 68.2 Å². The summed E-state index contributed by atoms with van der Waals surface area (Å²) in [6, 6.07) is 5.29. The van der Waals surface area contributed by atoms with Crippen LogP contribution in [0.1, 0.15) is 25.3 Å². The molecule has 1 aromatic carbocycles. The number of thiocarbonyl (C=S) groups is 1. The monoisotopic (exact) mass is 393 g/mol. The minimum absolute atomic E-state index is 0.199. The number of nitrogens with zero attached hydrogens (tertiary/aromatic N) is 3. The molecule has 2 heterocycles. The first-order valence-corrected chi connectivity index (χ1v) is 9.97. The second-order valence-corrected chi connectivity index (χ2v) is 7.29. The molecular formula is C19H28FN5OS. The van der Waals surface area contributed by atoms with Gasteiger partial charge in [-0.3, -0.25) is 10.3 Å². The summed E-state index contributed by atoms with van der Waals surface area (Å²) in [6.07, 6.45) is 2.25. The maximum atomic E-state index is 14.4. The zero-order chi connectivity index (χ0) is 19.1. The van der Waals surface area contributed by atoms with Crippen LogP contribution in [0.3, 0.4) is 0 Å². The number of ether oxygens (including phenoxy) is 1. The number of morpholine rings is 1. The summed E-state index contributed by atoms with van der Waals surface area (Å²) in [7, 11) is 0. The van der Waals surface area contributed by atoms with Gasteiger partial charge >= 0.3 is 0 Å². The predicted octanol–water partition coefficient (Wildman–Crippen LogP) is 1.95. The molecular weight excluding hydrogens is 365 g/mol. The molecule has 0 unspecified atom stereocenters. The molecule has 0 radical (unpaired) electrons.